The topological polar surface area (TPSA) is 102 Å². The summed E-state index contributed by atoms with van der Waals surface area (Å²) in [5.74, 6) is -0.208. The van der Waals surface area contributed by atoms with E-state index in [1.807, 2.05) is 0 Å². The standard InChI is InChI=1S/C9H16F3N3O4S/c10-9(11,12)6-19-8(16)15-3-1-2-7(5-15)4-14-20(13,17)18/h7,14H,1-6H2,(H2,13,17,18). The first-order chi connectivity index (χ1) is 9.07. The number of ether oxygens (including phenoxy) is 1. The van der Waals surface area contributed by atoms with E-state index in [9.17, 15) is 26.4 Å². The Morgan fingerprint density at radius 1 is 1.45 bits per heavy atom. The average Bonchev–Trinajstić information content (AvgIpc) is 2.32. The fraction of sp³-hybridized carbons (Fsp3) is 0.889. The predicted molar refractivity (Wildman–Crippen MR) is 62.8 cm³/mol. The van der Waals surface area contributed by atoms with Crippen molar-refractivity contribution in [2.45, 2.75) is 19.0 Å². The smallest absolute Gasteiger partial charge is 0.422 e. The van der Waals surface area contributed by atoms with Crippen molar-refractivity contribution < 1.29 is 31.1 Å². The summed E-state index contributed by atoms with van der Waals surface area (Å²) in [6.07, 6.45) is -4.42. The van der Waals surface area contributed by atoms with Gasteiger partial charge in [0.2, 0.25) is 0 Å². The Balaban J connectivity index is 2.42. The normalized spacial score (nSPS) is 20.8. The molecular formula is C9H16F3N3O4S. The van der Waals surface area contributed by atoms with Crippen LogP contribution in [0.4, 0.5) is 18.0 Å². The van der Waals surface area contributed by atoms with E-state index in [0.717, 1.165) is 4.90 Å². The van der Waals surface area contributed by atoms with Crippen LogP contribution in [0.3, 0.4) is 0 Å². The molecule has 118 valence electrons. The number of amides is 1. The highest BCUT2D eigenvalue weighted by Crippen LogP contribution is 2.19. The first-order valence-corrected chi connectivity index (χ1v) is 7.37. The van der Waals surface area contributed by atoms with Gasteiger partial charge in [0.1, 0.15) is 0 Å². The zero-order chi connectivity index (χ0) is 15.4. The van der Waals surface area contributed by atoms with E-state index in [2.05, 4.69) is 9.46 Å². The highest BCUT2D eigenvalue weighted by Gasteiger charge is 2.32. The molecule has 1 aliphatic heterocycles. The molecular weight excluding hydrogens is 303 g/mol. The lowest BCUT2D eigenvalue weighted by molar-refractivity contribution is -0.162. The zero-order valence-electron chi connectivity index (χ0n) is 10.5. The molecule has 0 aliphatic carbocycles. The molecule has 1 amide bonds. The van der Waals surface area contributed by atoms with Crippen molar-refractivity contribution in [3.05, 3.63) is 0 Å². The minimum Gasteiger partial charge on any atom is -0.440 e. The molecule has 0 bridgehead atoms. The van der Waals surface area contributed by atoms with E-state index < -0.39 is 29.1 Å². The molecule has 1 rings (SSSR count). The van der Waals surface area contributed by atoms with Crippen LogP contribution in [0.15, 0.2) is 0 Å². The Morgan fingerprint density at radius 2 is 2.10 bits per heavy atom. The van der Waals surface area contributed by atoms with Crippen molar-refractivity contribution >= 4 is 16.3 Å². The maximum atomic E-state index is 11.9. The number of hydrogen-bond donors (Lipinski definition) is 2. The van der Waals surface area contributed by atoms with Gasteiger partial charge in [0.15, 0.2) is 6.61 Å². The van der Waals surface area contributed by atoms with Gasteiger partial charge in [-0.15, -0.1) is 0 Å². The summed E-state index contributed by atoms with van der Waals surface area (Å²) in [6, 6.07) is 0. The lowest BCUT2D eigenvalue weighted by atomic mass is 9.99. The van der Waals surface area contributed by atoms with Crippen LogP contribution >= 0.6 is 0 Å². The number of nitrogens with one attached hydrogen (secondary N) is 1. The van der Waals surface area contributed by atoms with Crippen molar-refractivity contribution in [2.75, 3.05) is 26.2 Å². The van der Waals surface area contributed by atoms with Gasteiger partial charge < -0.3 is 9.64 Å². The van der Waals surface area contributed by atoms with Crippen molar-refractivity contribution in [1.29, 1.82) is 0 Å². The molecule has 0 radical (unpaired) electrons. The van der Waals surface area contributed by atoms with E-state index in [0.29, 0.717) is 12.8 Å². The van der Waals surface area contributed by atoms with Gasteiger partial charge in [-0.25, -0.2) is 14.7 Å². The monoisotopic (exact) mass is 319 g/mol. The summed E-state index contributed by atoms with van der Waals surface area (Å²) >= 11 is 0. The average molecular weight is 319 g/mol. The third-order valence-electron chi connectivity index (χ3n) is 2.71. The van der Waals surface area contributed by atoms with Crippen molar-refractivity contribution in [1.82, 2.24) is 9.62 Å². The highest BCUT2D eigenvalue weighted by atomic mass is 32.2. The minimum atomic E-state index is -4.57. The molecule has 1 aliphatic rings. The number of piperidine rings is 1. The van der Waals surface area contributed by atoms with Crippen LogP contribution in [0.25, 0.3) is 0 Å². The number of hydrogen-bond acceptors (Lipinski definition) is 4. The SMILES string of the molecule is NS(=O)(=O)NCC1CCCN(C(=O)OCC(F)(F)F)C1. The first-order valence-electron chi connectivity index (χ1n) is 5.82. The molecule has 1 heterocycles. The molecule has 0 aromatic rings. The van der Waals surface area contributed by atoms with E-state index in [1.54, 1.807) is 0 Å². The first kappa shape index (κ1) is 17.0. The van der Waals surface area contributed by atoms with Crippen LogP contribution in [0, 0.1) is 5.92 Å². The summed E-state index contributed by atoms with van der Waals surface area (Å²) < 4.78 is 63.5. The number of carbonyl (C=O) groups excluding carboxylic acids is 1. The molecule has 0 spiro atoms. The van der Waals surface area contributed by atoms with Crippen LogP contribution in [-0.4, -0.2) is 51.8 Å². The molecule has 11 heteroatoms. The van der Waals surface area contributed by atoms with Crippen LogP contribution in [0.1, 0.15) is 12.8 Å². The van der Waals surface area contributed by atoms with Gasteiger partial charge in [-0.1, -0.05) is 0 Å². The molecule has 1 unspecified atom stereocenters. The second kappa shape index (κ2) is 6.59. The second-order valence-corrected chi connectivity index (χ2v) is 5.90. The highest BCUT2D eigenvalue weighted by molar-refractivity contribution is 7.87. The molecule has 1 fully saturated rings. The number of likely N-dealkylation sites (tertiary alicyclic amines) is 1. The Labute approximate surface area is 114 Å². The summed E-state index contributed by atoms with van der Waals surface area (Å²) in [7, 11) is -3.82. The van der Waals surface area contributed by atoms with Gasteiger partial charge in [-0.3, -0.25) is 0 Å². The number of nitrogens with two attached hydrogens (primary N) is 1. The number of alkyl halides is 3. The number of halogens is 3. The van der Waals surface area contributed by atoms with Crippen molar-refractivity contribution in [3.8, 4) is 0 Å². The Kier molecular flexibility index (Phi) is 5.59. The van der Waals surface area contributed by atoms with E-state index in [4.69, 9.17) is 5.14 Å². The van der Waals surface area contributed by atoms with Crippen molar-refractivity contribution in [2.24, 2.45) is 11.1 Å². The minimum absolute atomic E-state index is 0.0296. The summed E-state index contributed by atoms with van der Waals surface area (Å²) in [5, 5.41) is 4.77. The Morgan fingerprint density at radius 3 is 2.65 bits per heavy atom. The lowest BCUT2D eigenvalue weighted by Crippen LogP contribution is -2.45. The third kappa shape index (κ3) is 6.91. The molecule has 3 N–H and O–H groups in total. The third-order valence-corrected chi connectivity index (χ3v) is 3.28. The fourth-order valence-corrected chi connectivity index (χ4v) is 2.33. The fourth-order valence-electron chi connectivity index (χ4n) is 1.87. The number of rotatable bonds is 4. The van der Waals surface area contributed by atoms with Crippen LogP contribution in [0.5, 0.6) is 0 Å². The molecule has 7 nitrogen and oxygen atoms in total. The van der Waals surface area contributed by atoms with Gasteiger partial charge in [0.05, 0.1) is 0 Å². The maximum absolute atomic E-state index is 11.9. The zero-order valence-corrected chi connectivity index (χ0v) is 11.3. The van der Waals surface area contributed by atoms with E-state index >= 15 is 0 Å². The molecule has 0 aromatic heterocycles. The molecule has 20 heavy (non-hydrogen) atoms. The maximum Gasteiger partial charge on any atom is 0.422 e. The Bertz CT molecular complexity index is 440. The molecule has 0 aromatic carbocycles. The van der Waals surface area contributed by atoms with Gasteiger partial charge in [-0.2, -0.15) is 21.6 Å². The van der Waals surface area contributed by atoms with Crippen molar-refractivity contribution in [3.63, 3.8) is 0 Å². The quantitative estimate of drug-likeness (QED) is 0.772. The van der Waals surface area contributed by atoms with Crippen LogP contribution in [-0.2, 0) is 14.9 Å². The Hall–Kier alpha value is -1.07. The lowest BCUT2D eigenvalue weighted by Gasteiger charge is -2.32. The summed E-state index contributed by atoms with van der Waals surface area (Å²) in [4.78, 5) is 12.6. The van der Waals surface area contributed by atoms with Gasteiger partial charge >= 0.3 is 12.3 Å². The number of carbonyl (C=O) groups is 1. The molecule has 0 saturated carbocycles. The molecule has 1 atom stereocenters. The van der Waals surface area contributed by atoms with E-state index in [1.165, 1.54) is 0 Å². The van der Waals surface area contributed by atoms with Crippen LogP contribution in [0.2, 0.25) is 0 Å². The predicted octanol–water partition coefficient (Wildman–Crippen LogP) is 0.190. The van der Waals surface area contributed by atoms with Gasteiger partial charge in [0.25, 0.3) is 10.2 Å². The second-order valence-electron chi connectivity index (χ2n) is 4.52. The largest absolute Gasteiger partial charge is 0.440 e. The van der Waals surface area contributed by atoms with Gasteiger partial charge in [-0.05, 0) is 18.8 Å². The van der Waals surface area contributed by atoms with E-state index in [-0.39, 0.29) is 25.6 Å². The number of nitrogens with zero attached hydrogens (tertiary/aromatic N) is 1. The van der Waals surface area contributed by atoms with Crippen LogP contribution < -0.4 is 9.86 Å². The molecule has 1 saturated heterocycles. The summed E-state index contributed by atoms with van der Waals surface area (Å²) in [5.41, 5.74) is 0. The van der Waals surface area contributed by atoms with Gasteiger partial charge in [0, 0.05) is 19.6 Å². The summed E-state index contributed by atoms with van der Waals surface area (Å²) in [6.45, 7) is -1.20.